The molecular weight excluding hydrogens is 390 g/mol. The molecule has 31 heavy (non-hydrogen) atoms. The van der Waals surface area contributed by atoms with Gasteiger partial charge in [0.05, 0.1) is 7.11 Å². The van der Waals surface area contributed by atoms with Crippen molar-refractivity contribution in [3.63, 3.8) is 0 Å². The second kappa shape index (κ2) is 13.0. The van der Waals surface area contributed by atoms with Crippen LogP contribution in [0.3, 0.4) is 0 Å². The minimum atomic E-state index is -0.749. The Morgan fingerprint density at radius 3 is 2.35 bits per heavy atom. The van der Waals surface area contributed by atoms with Gasteiger partial charge in [-0.2, -0.15) is 0 Å². The summed E-state index contributed by atoms with van der Waals surface area (Å²) in [7, 11) is 1.57. The molecule has 0 aliphatic carbocycles. The van der Waals surface area contributed by atoms with Gasteiger partial charge in [0.25, 0.3) is 5.91 Å². The summed E-state index contributed by atoms with van der Waals surface area (Å²) in [5, 5.41) is 2.93. The Morgan fingerprint density at radius 1 is 1.00 bits per heavy atom. The average molecular weight is 420 g/mol. The lowest BCUT2D eigenvalue weighted by Crippen LogP contribution is -2.32. The molecule has 162 valence electrons. The van der Waals surface area contributed by atoms with Gasteiger partial charge in [0.2, 0.25) is 0 Å². The van der Waals surface area contributed by atoms with Gasteiger partial charge in [0, 0.05) is 6.54 Å². The molecule has 5 nitrogen and oxygen atoms in total. The number of benzene rings is 2. The van der Waals surface area contributed by atoms with Crippen LogP contribution in [0.5, 0.6) is 11.5 Å². The molecular formula is C26H29NO4. The van der Waals surface area contributed by atoms with Crippen LogP contribution >= 0.6 is 0 Å². The van der Waals surface area contributed by atoms with E-state index in [4.69, 9.17) is 27.1 Å². The summed E-state index contributed by atoms with van der Waals surface area (Å²) >= 11 is 0. The van der Waals surface area contributed by atoms with E-state index < -0.39 is 6.10 Å². The number of hydrogen-bond donors (Lipinski definition) is 1. The van der Waals surface area contributed by atoms with Crippen LogP contribution in [-0.2, 0) is 22.4 Å². The van der Waals surface area contributed by atoms with Crippen molar-refractivity contribution < 1.29 is 19.0 Å². The molecule has 2 aromatic carbocycles. The molecule has 0 radical (unpaired) electrons. The zero-order valence-corrected chi connectivity index (χ0v) is 18.1. The van der Waals surface area contributed by atoms with Crippen LogP contribution in [0.15, 0.2) is 42.5 Å². The van der Waals surface area contributed by atoms with Crippen molar-refractivity contribution in [2.24, 2.45) is 0 Å². The minimum Gasteiger partial charge on any atom is -0.493 e. The third kappa shape index (κ3) is 7.41. The summed E-state index contributed by atoms with van der Waals surface area (Å²) in [5.74, 6) is 5.82. The lowest BCUT2D eigenvalue weighted by atomic mass is 10.0. The van der Waals surface area contributed by atoms with E-state index in [1.165, 1.54) is 5.56 Å². The molecule has 0 spiro atoms. The van der Waals surface area contributed by atoms with Gasteiger partial charge >= 0.3 is 0 Å². The maximum absolute atomic E-state index is 12.8. The van der Waals surface area contributed by atoms with Gasteiger partial charge in [0.15, 0.2) is 17.6 Å². The number of hydrogen-bond acceptors (Lipinski definition) is 4. The number of ether oxygens (including phenoxy) is 3. The number of carbonyl (C=O) groups excluding carboxylic acids is 1. The monoisotopic (exact) mass is 419 g/mol. The van der Waals surface area contributed by atoms with E-state index in [0.29, 0.717) is 24.5 Å². The average Bonchev–Trinajstić information content (AvgIpc) is 2.79. The largest absolute Gasteiger partial charge is 0.493 e. The van der Waals surface area contributed by atoms with Crippen LogP contribution in [0.1, 0.15) is 36.1 Å². The van der Waals surface area contributed by atoms with Crippen molar-refractivity contribution >= 4 is 5.91 Å². The maximum atomic E-state index is 12.8. The van der Waals surface area contributed by atoms with E-state index in [2.05, 4.69) is 24.1 Å². The van der Waals surface area contributed by atoms with E-state index in [0.717, 1.165) is 24.0 Å². The zero-order chi connectivity index (χ0) is 22.5. The lowest BCUT2D eigenvalue weighted by molar-refractivity contribution is -0.132. The van der Waals surface area contributed by atoms with Gasteiger partial charge in [0.1, 0.15) is 13.2 Å². The van der Waals surface area contributed by atoms with Gasteiger partial charge in [-0.15, -0.1) is 12.8 Å². The first-order valence-corrected chi connectivity index (χ1v) is 10.3. The molecule has 1 N–H and O–H groups in total. The zero-order valence-electron chi connectivity index (χ0n) is 18.1. The van der Waals surface area contributed by atoms with E-state index in [1.807, 2.05) is 42.5 Å². The molecule has 1 unspecified atom stereocenters. The normalized spacial score (nSPS) is 11.1. The molecule has 2 rings (SSSR count). The molecule has 2 aromatic rings. The van der Waals surface area contributed by atoms with Crippen molar-refractivity contribution in [3.8, 4) is 36.2 Å². The van der Waals surface area contributed by atoms with Gasteiger partial charge in [-0.25, -0.2) is 0 Å². The Bertz CT molecular complexity index is 922. The van der Waals surface area contributed by atoms with Crippen molar-refractivity contribution in [1.82, 2.24) is 5.32 Å². The van der Waals surface area contributed by atoms with Crippen LogP contribution in [0.4, 0.5) is 0 Å². The smallest absolute Gasteiger partial charge is 0.253 e. The maximum Gasteiger partial charge on any atom is 0.253 e. The lowest BCUT2D eigenvalue weighted by Gasteiger charge is -2.17. The fourth-order valence-electron chi connectivity index (χ4n) is 3.13. The van der Waals surface area contributed by atoms with Crippen molar-refractivity contribution in [2.75, 3.05) is 26.9 Å². The Balaban J connectivity index is 1.99. The predicted octanol–water partition coefficient (Wildman–Crippen LogP) is 3.71. The first kappa shape index (κ1) is 23.9. The first-order chi connectivity index (χ1) is 15.1. The number of aryl methyl sites for hydroxylation is 1. The highest BCUT2D eigenvalue weighted by molar-refractivity contribution is 5.82. The molecule has 0 saturated carbocycles. The third-order valence-electron chi connectivity index (χ3n) is 4.64. The molecule has 0 aliphatic rings. The molecule has 0 fully saturated rings. The number of methoxy groups -OCH3 is 1. The van der Waals surface area contributed by atoms with Gasteiger partial charge in [-0.3, -0.25) is 4.79 Å². The van der Waals surface area contributed by atoms with E-state index in [9.17, 15) is 4.79 Å². The van der Waals surface area contributed by atoms with Crippen molar-refractivity contribution in [3.05, 3.63) is 59.2 Å². The number of terminal acetylenes is 2. The second-order valence-electron chi connectivity index (χ2n) is 6.91. The first-order valence-electron chi connectivity index (χ1n) is 10.3. The topological polar surface area (TPSA) is 56.8 Å². The van der Waals surface area contributed by atoms with E-state index >= 15 is 0 Å². The van der Waals surface area contributed by atoms with Gasteiger partial charge in [-0.1, -0.05) is 55.5 Å². The summed E-state index contributed by atoms with van der Waals surface area (Å²) < 4.78 is 16.4. The highest BCUT2D eigenvalue weighted by atomic mass is 16.5. The number of carbonyl (C=O) groups is 1. The quantitative estimate of drug-likeness (QED) is 0.533. The SMILES string of the molecule is C#CCOc1ccc(CCNC(=O)C(OCC#C)c2ccc(CCC)cc2)cc1OC. The van der Waals surface area contributed by atoms with Crippen LogP contribution < -0.4 is 14.8 Å². The van der Waals surface area contributed by atoms with Gasteiger partial charge in [-0.05, 0) is 41.7 Å². The summed E-state index contributed by atoms with van der Waals surface area (Å²) in [6, 6.07) is 13.5. The Hall–Kier alpha value is -3.41. The molecule has 0 aliphatic heterocycles. The van der Waals surface area contributed by atoms with Crippen LogP contribution in [0.25, 0.3) is 0 Å². The van der Waals surface area contributed by atoms with Crippen molar-refractivity contribution in [1.29, 1.82) is 0 Å². The van der Waals surface area contributed by atoms with Crippen LogP contribution in [0.2, 0.25) is 0 Å². The molecule has 0 saturated heterocycles. The predicted molar refractivity (Wildman–Crippen MR) is 122 cm³/mol. The van der Waals surface area contributed by atoms with Crippen molar-refractivity contribution in [2.45, 2.75) is 32.3 Å². The minimum absolute atomic E-state index is 0.0606. The summed E-state index contributed by atoms with van der Waals surface area (Å²) in [6.45, 7) is 2.81. The Kier molecular flexibility index (Phi) is 10.0. The standard InChI is InChI=1S/C26H29NO4/c1-5-8-20-9-12-22(13-10-20)25(31-18-7-3)26(28)27-16-15-21-11-14-23(30-17-6-2)24(19-21)29-4/h2-3,9-14,19,25H,5,8,15-18H2,1,4H3,(H,27,28). The summed E-state index contributed by atoms with van der Waals surface area (Å²) in [6.07, 6.45) is 12.5. The third-order valence-corrected chi connectivity index (χ3v) is 4.64. The number of rotatable bonds is 12. The summed E-state index contributed by atoms with van der Waals surface area (Å²) in [5.41, 5.74) is 3.01. The Labute approximate surface area is 185 Å². The molecule has 1 atom stereocenters. The Morgan fingerprint density at radius 2 is 1.71 bits per heavy atom. The fraction of sp³-hybridized carbons (Fsp3) is 0.346. The molecule has 5 heteroatoms. The van der Waals surface area contributed by atoms with Gasteiger partial charge < -0.3 is 19.5 Å². The number of nitrogens with one attached hydrogen (secondary N) is 1. The van der Waals surface area contributed by atoms with E-state index in [1.54, 1.807) is 7.11 Å². The van der Waals surface area contributed by atoms with Crippen LogP contribution in [-0.4, -0.2) is 32.8 Å². The van der Waals surface area contributed by atoms with Crippen LogP contribution in [0, 0.1) is 24.7 Å². The highest BCUT2D eigenvalue weighted by Gasteiger charge is 2.21. The second-order valence-corrected chi connectivity index (χ2v) is 6.91. The molecule has 0 heterocycles. The number of amides is 1. The highest BCUT2D eigenvalue weighted by Crippen LogP contribution is 2.28. The molecule has 1 amide bonds. The summed E-state index contributed by atoms with van der Waals surface area (Å²) in [4.78, 5) is 12.8. The fourth-order valence-corrected chi connectivity index (χ4v) is 3.13. The molecule has 0 bridgehead atoms. The van der Waals surface area contributed by atoms with E-state index in [-0.39, 0.29) is 19.1 Å². The molecule has 0 aromatic heterocycles.